The van der Waals surface area contributed by atoms with Gasteiger partial charge in [-0.15, -0.1) is 0 Å². The van der Waals surface area contributed by atoms with Crippen LogP contribution in [-0.4, -0.2) is 19.5 Å². The van der Waals surface area contributed by atoms with Gasteiger partial charge in [-0.3, -0.25) is 4.79 Å². The summed E-state index contributed by atoms with van der Waals surface area (Å²) < 4.78 is 25.9. The summed E-state index contributed by atoms with van der Waals surface area (Å²) in [7, 11) is 1.86. The zero-order valence-electron chi connectivity index (χ0n) is 12.0. The van der Waals surface area contributed by atoms with Gasteiger partial charge in [-0.05, 0) is 18.2 Å². The van der Waals surface area contributed by atoms with Crippen molar-refractivity contribution in [3.63, 3.8) is 0 Å². The average molecular weight is 326 g/mol. The van der Waals surface area contributed by atoms with Crippen LogP contribution in [0.4, 0.5) is 14.5 Å². The van der Waals surface area contributed by atoms with Gasteiger partial charge in [0.1, 0.15) is 6.54 Å². The van der Waals surface area contributed by atoms with Gasteiger partial charge in [-0.1, -0.05) is 29.8 Å². The highest BCUT2D eigenvalue weighted by Gasteiger charge is 2.13. The largest absolute Gasteiger partial charge is 0.326 e. The first-order chi connectivity index (χ1) is 10.5. The van der Waals surface area contributed by atoms with Crippen LogP contribution in [0.1, 0.15) is 5.56 Å². The topological polar surface area (TPSA) is 33.5 Å². The first kappa shape index (κ1) is 16.4. The maximum atomic E-state index is 13.1. The Bertz CT molecular complexity index is 679. The highest BCUT2D eigenvalue weighted by Crippen LogP contribution is 2.14. The molecule has 0 aliphatic rings. The minimum absolute atomic E-state index is 0.185. The van der Waals surface area contributed by atoms with Crippen LogP contribution < -0.4 is 10.2 Å². The lowest BCUT2D eigenvalue weighted by molar-refractivity contribution is -0.885. The van der Waals surface area contributed by atoms with Crippen molar-refractivity contribution in [1.82, 2.24) is 0 Å². The van der Waals surface area contributed by atoms with Gasteiger partial charge >= 0.3 is 0 Å². The second-order valence-electron chi connectivity index (χ2n) is 5.08. The molecule has 0 saturated heterocycles. The lowest BCUT2D eigenvalue weighted by Gasteiger charge is -2.14. The number of hydrogen-bond acceptors (Lipinski definition) is 1. The molecule has 2 N–H and O–H groups in total. The van der Waals surface area contributed by atoms with Gasteiger partial charge in [-0.2, -0.15) is 0 Å². The third kappa shape index (κ3) is 4.51. The average Bonchev–Trinajstić information content (AvgIpc) is 2.45. The molecule has 0 aliphatic heterocycles. The number of hydrogen-bond donors (Lipinski definition) is 2. The number of amides is 1. The summed E-state index contributed by atoms with van der Waals surface area (Å²) >= 11 is 6.08. The molecule has 116 valence electrons. The minimum atomic E-state index is -0.991. The van der Waals surface area contributed by atoms with Crippen molar-refractivity contribution >= 4 is 23.2 Å². The van der Waals surface area contributed by atoms with Crippen LogP contribution >= 0.6 is 11.6 Å². The highest BCUT2D eigenvalue weighted by molar-refractivity contribution is 6.31. The Morgan fingerprint density at radius 3 is 2.59 bits per heavy atom. The predicted molar refractivity (Wildman–Crippen MR) is 81.9 cm³/mol. The molecule has 6 heteroatoms. The van der Waals surface area contributed by atoms with Gasteiger partial charge in [0, 0.05) is 22.3 Å². The SMILES string of the molecule is C[NH+](CC(=O)Nc1ccc(F)c(F)c1)Cc1ccccc1Cl. The first-order valence-corrected chi connectivity index (χ1v) is 7.13. The van der Waals surface area contributed by atoms with Crippen molar-refractivity contribution in [2.24, 2.45) is 0 Å². The standard InChI is InChI=1S/C16H15ClF2N2O/c1-21(9-11-4-2-3-5-13(11)17)10-16(22)20-12-6-7-14(18)15(19)8-12/h2-8H,9-10H2,1H3,(H,20,22)/p+1. The van der Waals surface area contributed by atoms with Crippen LogP contribution in [0.25, 0.3) is 0 Å². The van der Waals surface area contributed by atoms with Crippen LogP contribution in [-0.2, 0) is 11.3 Å². The van der Waals surface area contributed by atoms with Gasteiger partial charge in [0.2, 0.25) is 0 Å². The lowest BCUT2D eigenvalue weighted by Crippen LogP contribution is -3.08. The summed E-state index contributed by atoms with van der Waals surface area (Å²) in [6.07, 6.45) is 0. The van der Waals surface area contributed by atoms with Crippen molar-refractivity contribution in [1.29, 1.82) is 0 Å². The van der Waals surface area contributed by atoms with E-state index in [2.05, 4.69) is 5.32 Å². The fourth-order valence-corrected chi connectivity index (χ4v) is 2.29. The Morgan fingerprint density at radius 1 is 1.18 bits per heavy atom. The Labute approximate surface area is 132 Å². The van der Waals surface area contributed by atoms with Crippen molar-refractivity contribution in [2.75, 3.05) is 18.9 Å². The Hall–Kier alpha value is -1.98. The van der Waals surface area contributed by atoms with Crippen LogP contribution in [0.15, 0.2) is 42.5 Å². The molecule has 2 rings (SSSR count). The van der Waals surface area contributed by atoms with Gasteiger partial charge in [0.15, 0.2) is 18.2 Å². The second kappa shape index (κ2) is 7.33. The van der Waals surface area contributed by atoms with Crippen LogP contribution in [0.5, 0.6) is 0 Å². The van der Waals surface area contributed by atoms with E-state index in [-0.39, 0.29) is 18.1 Å². The summed E-state index contributed by atoms with van der Waals surface area (Å²) in [5.74, 6) is -2.22. The van der Waals surface area contributed by atoms with Gasteiger partial charge in [0.25, 0.3) is 5.91 Å². The third-order valence-corrected chi connectivity index (χ3v) is 3.48. The van der Waals surface area contributed by atoms with Crippen LogP contribution in [0.2, 0.25) is 5.02 Å². The Morgan fingerprint density at radius 2 is 1.91 bits per heavy atom. The molecule has 0 aliphatic carbocycles. The quantitative estimate of drug-likeness (QED) is 0.869. The number of benzene rings is 2. The van der Waals surface area contributed by atoms with Crippen molar-refractivity contribution in [2.45, 2.75) is 6.54 Å². The maximum Gasteiger partial charge on any atom is 0.279 e. The fraction of sp³-hybridized carbons (Fsp3) is 0.188. The molecule has 1 atom stereocenters. The molecule has 2 aromatic carbocycles. The van der Waals surface area contributed by atoms with E-state index in [1.807, 2.05) is 25.2 Å². The minimum Gasteiger partial charge on any atom is -0.326 e. The molecule has 0 aromatic heterocycles. The van der Waals surface area contributed by atoms with Gasteiger partial charge in [-0.25, -0.2) is 8.78 Å². The number of anilines is 1. The zero-order chi connectivity index (χ0) is 16.1. The normalized spacial score (nSPS) is 12.0. The molecule has 3 nitrogen and oxygen atoms in total. The van der Waals surface area contributed by atoms with E-state index in [4.69, 9.17) is 11.6 Å². The van der Waals surface area contributed by atoms with Gasteiger partial charge < -0.3 is 10.2 Å². The number of likely N-dealkylation sites (N-methyl/N-ethyl adjacent to an activating group) is 1. The zero-order valence-corrected chi connectivity index (χ0v) is 12.8. The van der Waals surface area contributed by atoms with Crippen LogP contribution in [0, 0.1) is 11.6 Å². The van der Waals surface area contributed by atoms with Crippen molar-refractivity contribution < 1.29 is 18.5 Å². The van der Waals surface area contributed by atoms with E-state index in [1.165, 1.54) is 6.07 Å². The molecule has 0 heterocycles. The number of nitrogens with one attached hydrogen (secondary N) is 2. The number of carbonyl (C=O) groups is 1. The number of rotatable bonds is 5. The fourth-order valence-electron chi connectivity index (χ4n) is 2.08. The van der Waals surface area contributed by atoms with E-state index >= 15 is 0 Å². The Balaban J connectivity index is 1.91. The lowest BCUT2D eigenvalue weighted by atomic mass is 10.2. The van der Waals surface area contributed by atoms with Crippen LogP contribution in [0.3, 0.4) is 0 Å². The summed E-state index contributed by atoms with van der Waals surface area (Å²) in [4.78, 5) is 12.8. The molecule has 0 radical (unpaired) electrons. The van der Waals surface area contributed by atoms with Gasteiger partial charge in [0.05, 0.1) is 7.05 Å². The first-order valence-electron chi connectivity index (χ1n) is 6.75. The monoisotopic (exact) mass is 325 g/mol. The van der Waals surface area contributed by atoms with E-state index in [9.17, 15) is 13.6 Å². The number of quaternary nitrogens is 1. The van der Waals surface area contributed by atoms with E-state index in [1.54, 1.807) is 6.07 Å². The Kier molecular flexibility index (Phi) is 5.46. The molecule has 22 heavy (non-hydrogen) atoms. The summed E-state index contributed by atoms with van der Waals surface area (Å²) in [6, 6.07) is 10.7. The maximum absolute atomic E-state index is 13.1. The number of halogens is 3. The molecular weight excluding hydrogens is 310 g/mol. The van der Waals surface area contributed by atoms with Crippen molar-refractivity contribution in [3.05, 3.63) is 64.7 Å². The number of carbonyl (C=O) groups excluding carboxylic acids is 1. The predicted octanol–water partition coefficient (Wildman–Crippen LogP) is 2.27. The third-order valence-electron chi connectivity index (χ3n) is 3.12. The summed E-state index contributed by atoms with van der Waals surface area (Å²) in [6.45, 7) is 0.773. The molecule has 0 spiro atoms. The second-order valence-corrected chi connectivity index (χ2v) is 5.49. The molecule has 1 amide bonds. The molecule has 0 saturated carbocycles. The molecule has 2 aromatic rings. The van der Waals surface area contributed by atoms with E-state index in [0.717, 1.165) is 22.6 Å². The molecule has 0 bridgehead atoms. The molecule has 1 unspecified atom stereocenters. The highest BCUT2D eigenvalue weighted by atomic mass is 35.5. The smallest absolute Gasteiger partial charge is 0.279 e. The molecular formula is C16H16ClF2N2O+. The molecule has 0 fully saturated rings. The van der Waals surface area contributed by atoms with E-state index in [0.29, 0.717) is 11.6 Å². The summed E-state index contributed by atoms with van der Waals surface area (Å²) in [5, 5.41) is 3.20. The summed E-state index contributed by atoms with van der Waals surface area (Å²) in [5.41, 5.74) is 1.18. The van der Waals surface area contributed by atoms with E-state index < -0.39 is 11.6 Å². The van der Waals surface area contributed by atoms with Crippen molar-refractivity contribution in [3.8, 4) is 0 Å².